The number of benzene rings is 3. The number of hydrogen-bond donors (Lipinski definition) is 2. The van der Waals surface area contributed by atoms with E-state index in [1.54, 1.807) is 57.2 Å². The maximum absolute atomic E-state index is 12.4. The predicted molar refractivity (Wildman–Crippen MR) is 167 cm³/mol. The van der Waals surface area contributed by atoms with E-state index in [0.29, 0.717) is 24.4 Å². The standard InChI is InChI=1S/C32H36N4O5S/c1-5-36-29(23-12-18-27(40-4)19-13-23)28(22-10-16-26(39-3)17-11-22)35-32(36)42-21-7-20-33-31(38)34-25-14-8-24(9-15-25)30(37)41-6-2/h8-19H,5-7,20-21H2,1-4H3,(H2,33,34,38). The summed E-state index contributed by atoms with van der Waals surface area (Å²) in [5.74, 6) is 1.98. The number of anilines is 1. The third kappa shape index (κ3) is 7.64. The Kier molecular flexibility index (Phi) is 10.9. The van der Waals surface area contributed by atoms with Gasteiger partial charge in [0, 0.05) is 35.7 Å². The molecule has 4 aromatic rings. The minimum Gasteiger partial charge on any atom is -0.497 e. The molecule has 9 nitrogen and oxygen atoms in total. The van der Waals surface area contributed by atoms with Gasteiger partial charge in [0.2, 0.25) is 0 Å². The number of methoxy groups -OCH3 is 2. The molecule has 220 valence electrons. The lowest BCUT2D eigenvalue weighted by Gasteiger charge is -2.12. The van der Waals surface area contributed by atoms with Crippen molar-refractivity contribution in [3.05, 3.63) is 78.4 Å². The van der Waals surface area contributed by atoms with Crippen LogP contribution in [-0.2, 0) is 11.3 Å². The minimum absolute atomic E-state index is 0.303. The van der Waals surface area contributed by atoms with Crippen LogP contribution in [0.25, 0.3) is 22.5 Å². The number of imidazole rings is 1. The zero-order valence-electron chi connectivity index (χ0n) is 24.3. The molecule has 4 rings (SSSR count). The molecule has 10 heteroatoms. The van der Waals surface area contributed by atoms with Crippen LogP contribution in [-0.4, -0.2) is 54.7 Å². The lowest BCUT2D eigenvalue weighted by Crippen LogP contribution is -2.29. The molecule has 2 N–H and O–H groups in total. The molecule has 42 heavy (non-hydrogen) atoms. The fourth-order valence-electron chi connectivity index (χ4n) is 4.34. The highest BCUT2D eigenvalue weighted by atomic mass is 32.2. The molecule has 0 spiro atoms. The molecular weight excluding hydrogens is 552 g/mol. The SMILES string of the molecule is CCOC(=O)c1ccc(NC(=O)NCCCSc2nc(-c3ccc(OC)cc3)c(-c3ccc(OC)cc3)n2CC)cc1. The molecule has 0 atom stereocenters. The summed E-state index contributed by atoms with van der Waals surface area (Å²) in [6.07, 6.45) is 0.756. The Morgan fingerprint density at radius 3 is 2.05 bits per heavy atom. The van der Waals surface area contributed by atoms with Crippen molar-refractivity contribution in [3.8, 4) is 34.0 Å². The van der Waals surface area contributed by atoms with E-state index in [0.717, 1.165) is 57.9 Å². The third-order valence-electron chi connectivity index (χ3n) is 6.47. The molecule has 0 unspecified atom stereocenters. The van der Waals surface area contributed by atoms with Gasteiger partial charge in [-0.25, -0.2) is 14.6 Å². The first-order valence-electron chi connectivity index (χ1n) is 13.8. The van der Waals surface area contributed by atoms with Crippen LogP contribution in [0.2, 0.25) is 0 Å². The number of carbonyl (C=O) groups excluding carboxylic acids is 2. The van der Waals surface area contributed by atoms with Crippen molar-refractivity contribution in [2.45, 2.75) is 32.0 Å². The van der Waals surface area contributed by atoms with Crippen LogP contribution in [0.15, 0.2) is 78.0 Å². The van der Waals surface area contributed by atoms with Gasteiger partial charge in [-0.1, -0.05) is 11.8 Å². The molecule has 1 aromatic heterocycles. The fraction of sp³-hybridized carbons (Fsp3) is 0.281. The van der Waals surface area contributed by atoms with Crippen molar-refractivity contribution >= 4 is 29.4 Å². The largest absolute Gasteiger partial charge is 0.497 e. The van der Waals surface area contributed by atoms with E-state index in [9.17, 15) is 9.59 Å². The highest BCUT2D eigenvalue weighted by molar-refractivity contribution is 7.99. The van der Waals surface area contributed by atoms with Crippen molar-refractivity contribution < 1.29 is 23.8 Å². The van der Waals surface area contributed by atoms with Crippen LogP contribution >= 0.6 is 11.8 Å². The van der Waals surface area contributed by atoms with Gasteiger partial charge in [0.25, 0.3) is 0 Å². The van der Waals surface area contributed by atoms with Gasteiger partial charge in [-0.2, -0.15) is 0 Å². The summed E-state index contributed by atoms with van der Waals surface area (Å²) < 4.78 is 17.9. The Morgan fingerprint density at radius 1 is 0.857 bits per heavy atom. The molecule has 0 fully saturated rings. The predicted octanol–water partition coefficient (Wildman–Crippen LogP) is 6.73. The molecule has 0 aliphatic heterocycles. The molecule has 1 heterocycles. The van der Waals surface area contributed by atoms with Crippen molar-refractivity contribution in [1.82, 2.24) is 14.9 Å². The van der Waals surface area contributed by atoms with Crippen LogP contribution in [0.1, 0.15) is 30.6 Å². The van der Waals surface area contributed by atoms with Gasteiger partial charge >= 0.3 is 12.0 Å². The number of nitrogens with one attached hydrogen (secondary N) is 2. The number of hydrogen-bond acceptors (Lipinski definition) is 7. The highest BCUT2D eigenvalue weighted by Gasteiger charge is 2.20. The molecule has 0 bridgehead atoms. The Hall–Kier alpha value is -4.44. The first-order valence-corrected chi connectivity index (χ1v) is 14.8. The third-order valence-corrected chi connectivity index (χ3v) is 7.53. The summed E-state index contributed by atoms with van der Waals surface area (Å²) in [4.78, 5) is 29.2. The van der Waals surface area contributed by atoms with E-state index < -0.39 is 0 Å². The van der Waals surface area contributed by atoms with Crippen LogP contribution in [0.4, 0.5) is 10.5 Å². The van der Waals surface area contributed by atoms with Gasteiger partial charge in [0.15, 0.2) is 5.16 Å². The Morgan fingerprint density at radius 2 is 1.48 bits per heavy atom. The molecular formula is C32H36N4O5S. The molecule has 2 amide bonds. The zero-order chi connectivity index (χ0) is 29.9. The number of amides is 2. The number of nitrogens with zero attached hydrogens (tertiary/aromatic N) is 2. The quantitative estimate of drug-likeness (QED) is 0.101. The number of ether oxygens (including phenoxy) is 3. The van der Waals surface area contributed by atoms with Gasteiger partial charge in [-0.05, 0) is 93.1 Å². The molecule has 0 aliphatic rings. The molecule has 0 radical (unpaired) electrons. The summed E-state index contributed by atoms with van der Waals surface area (Å²) in [7, 11) is 3.31. The van der Waals surface area contributed by atoms with Gasteiger partial charge in [0.05, 0.1) is 37.8 Å². The van der Waals surface area contributed by atoms with E-state index in [1.165, 1.54) is 0 Å². The molecule has 3 aromatic carbocycles. The number of carbonyl (C=O) groups is 2. The van der Waals surface area contributed by atoms with E-state index in [4.69, 9.17) is 19.2 Å². The Labute approximate surface area is 250 Å². The second kappa shape index (κ2) is 15.0. The number of urea groups is 1. The second-order valence-corrected chi connectivity index (χ2v) is 10.2. The highest BCUT2D eigenvalue weighted by Crippen LogP contribution is 2.37. The van der Waals surface area contributed by atoms with Crippen molar-refractivity contribution in [2.24, 2.45) is 0 Å². The number of aromatic nitrogens is 2. The van der Waals surface area contributed by atoms with Crippen molar-refractivity contribution in [1.29, 1.82) is 0 Å². The van der Waals surface area contributed by atoms with Crippen LogP contribution in [0.5, 0.6) is 11.5 Å². The lowest BCUT2D eigenvalue weighted by molar-refractivity contribution is 0.0526. The summed E-state index contributed by atoms with van der Waals surface area (Å²) in [6.45, 7) is 5.44. The maximum atomic E-state index is 12.4. The molecule has 0 saturated carbocycles. The van der Waals surface area contributed by atoms with E-state index in [2.05, 4.69) is 34.3 Å². The van der Waals surface area contributed by atoms with Gasteiger partial charge < -0.3 is 29.4 Å². The first-order chi connectivity index (χ1) is 20.5. The smallest absolute Gasteiger partial charge is 0.338 e. The van der Waals surface area contributed by atoms with E-state index in [-0.39, 0.29) is 12.0 Å². The summed E-state index contributed by atoms with van der Waals surface area (Å²) in [6, 6.07) is 22.2. The number of thioether (sulfide) groups is 1. The second-order valence-electron chi connectivity index (χ2n) is 9.17. The lowest BCUT2D eigenvalue weighted by atomic mass is 10.0. The average molecular weight is 589 g/mol. The summed E-state index contributed by atoms with van der Waals surface area (Å²) >= 11 is 1.66. The summed E-state index contributed by atoms with van der Waals surface area (Å²) in [5, 5.41) is 6.59. The number of rotatable bonds is 13. The van der Waals surface area contributed by atoms with Crippen LogP contribution in [0, 0.1) is 0 Å². The van der Waals surface area contributed by atoms with E-state index in [1.807, 2.05) is 36.4 Å². The topological polar surface area (TPSA) is 104 Å². The van der Waals surface area contributed by atoms with Crippen molar-refractivity contribution in [2.75, 3.05) is 38.4 Å². The van der Waals surface area contributed by atoms with Crippen LogP contribution in [0.3, 0.4) is 0 Å². The first kappa shape index (κ1) is 30.5. The van der Waals surface area contributed by atoms with Gasteiger partial charge in [0.1, 0.15) is 11.5 Å². The van der Waals surface area contributed by atoms with E-state index >= 15 is 0 Å². The summed E-state index contributed by atoms with van der Waals surface area (Å²) in [5.41, 5.74) is 5.03. The Balaban J connectivity index is 1.39. The van der Waals surface area contributed by atoms with Gasteiger partial charge in [-0.3, -0.25) is 0 Å². The Bertz CT molecular complexity index is 1470. The van der Waals surface area contributed by atoms with Gasteiger partial charge in [-0.15, -0.1) is 0 Å². The monoisotopic (exact) mass is 588 g/mol. The van der Waals surface area contributed by atoms with Crippen LogP contribution < -0.4 is 20.1 Å². The molecule has 0 aliphatic carbocycles. The molecule has 0 saturated heterocycles. The zero-order valence-corrected chi connectivity index (χ0v) is 25.1. The normalized spacial score (nSPS) is 10.7. The average Bonchev–Trinajstić information content (AvgIpc) is 3.39. The minimum atomic E-state index is -0.387. The fourth-order valence-corrected chi connectivity index (χ4v) is 5.35. The number of esters is 1. The van der Waals surface area contributed by atoms with Crippen molar-refractivity contribution in [3.63, 3.8) is 0 Å². The maximum Gasteiger partial charge on any atom is 0.338 e.